The Hall–Kier alpha value is -1.58. The molecular formula is C17H19ClFNO. The van der Waals surface area contributed by atoms with E-state index in [0.29, 0.717) is 23.4 Å². The van der Waals surface area contributed by atoms with Crippen molar-refractivity contribution in [1.29, 1.82) is 0 Å². The van der Waals surface area contributed by atoms with E-state index in [1.165, 1.54) is 6.07 Å². The SMILES string of the molecule is Cc1ccc(Cl)cc1Oc1c(F)cccc1CNC(C)C. The fraction of sp³-hybridized carbons (Fsp3) is 0.294. The van der Waals surface area contributed by atoms with E-state index >= 15 is 0 Å². The van der Waals surface area contributed by atoms with Gasteiger partial charge < -0.3 is 10.1 Å². The second-order valence-corrected chi connectivity index (χ2v) is 5.71. The van der Waals surface area contributed by atoms with Gasteiger partial charge in [-0.15, -0.1) is 0 Å². The first-order valence-electron chi connectivity index (χ1n) is 6.92. The molecule has 4 heteroatoms. The van der Waals surface area contributed by atoms with Crippen molar-refractivity contribution in [2.45, 2.75) is 33.4 Å². The van der Waals surface area contributed by atoms with Gasteiger partial charge in [0.1, 0.15) is 5.75 Å². The summed E-state index contributed by atoms with van der Waals surface area (Å²) < 4.78 is 19.9. The fourth-order valence-corrected chi connectivity index (χ4v) is 2.08. The standard InChI is InChI=1S/C17H19ClFNO/c1-11(2)20-10-13-5-4-6-15(19)17(13)21-16-9-14(18)8-7-12(16)3/h4-9,11,20H,10H2,1-3H3. The lowest BCUT2D eigenvalue weighted by Gasteiger charge is -2.15. The smallest absolute Gasteiger partial charge is 0.167 e. The second-order valence-electron chi connectivity index (χ2n) is 5.28. The molecule has 0 aliphatic carbocycles. The molecule has 0 aliphatic rings. The molecule has 0 radical (unpaired) electrons. The van der Waals surface area contributed by atoms with Gasteiger partial charge >= 0.3 is 0 Å². The predicted molar refractivity (Wildman–Crippen MR) is 84.6 cm³/mol. The summed E-state index contributed by atoms with van der Waals surface area (Å²) in [4.78, 5) is 0. The number of halogens is 2. The van der Waals surface area contributed by atoms with Crippen LogP contribution in [0.3, 0.4) is 0 Å². The quantitative estimate of drug-likeness (QED) is 0.832. The zero-order chi connectivity index (χ0) is 15.4. The summed E-state index contributed by atoms with van der Waals surface area (Å²) in [6.07, 6.45) is 0. The topological polar surface area (TPSA) is 21.3 Å². The van der Waals surface area contributed by atoms with Crippen molar-refractivity contribution < 1.29 is 9.13 Å². The van der Waals surface area contributed by atoms with Gasteiger partial charge in [0, 0.05) is 23.2 Å². The highest BCUT2D eigenvalue weighted by atomic mass is 35.5. The molecule has 112 valence electrons. The lowest BCUT2D eigenvalue weighted by atomic mass is 10.1. The zero-order valence-electron chi connectivity index (χ0n) is 12.4. The van der Waals surface area contributed by atoms with Gasteiger partial charge in [-0.3, -0.25) is 0 Å². The number of para-hydroxylation sites is 1. The molecule has 1 N–H and O–H groups in total. The van der Waals surface area contributed by atoms with E-state index in [0.717, 1.165) is 11.1 Å². The monoisotopic (exact) mass is 307 g/mol. The van der Waals surface area contributed by atoms with Crippen LogP contribution in [-0.4, -0.2) is 6.04 Å². The van der Waals surface area contributed by atoms with Gasteiger partial charge in [0.25, 0.3) is 0 Å². The molecule has 2 aromatic rings. The Kier molecular flexibility index (Phi) is 5.21. The lowest BCUT2D eigenvalue weighted by Crippen LogP contribution is -2.22. The van der Waals surface area contributed by atoms with Crippen LogP contribution in [-0.2, 0) is 6.54 Å². The average Bonchev–Trinajstić information content (AvgIpc) is 2.43. The maximum Gasteiger partial charge on any atom is 0.167 e. The molecule has 0 saturated heterocycles. The molecule has 0 fully saturated rings. The first-order chi connectivity index (χ1) is 9.97. The molecule has 0 unspecified atom stereocenters. The van der Waals surface area contributed by atoms with Crippen LogP contribution in [0.4, 0.5) is 4.39 Å². The highest BCUT2D eigenvalue weighted by Gasteiger charge is 2.13. The highest BCUT2D eigenvalue weighted by Crippen LogP contribution is 2.32. The molecule has 0 bridgehead atoms. The summed E-state index contributed by atoms with van der Waals surface area (Å²) in [6, 6.07) is 10.6. The average molecular weight is 308 g/mol. The molecule has 0 atom stereocenters. The van der Waals surface area contributed by atoms with Gasteiger partial charge in [0.2, 0.25) is 0 Å². The number of hydrogen-bond donors (Lipinski definition) is 1. The van der Waals surface area contributed by atoms with Crippen molar-refractivity contribution in [3.8, 4) is 11.5 Å². The van der Waals surface area contributed by atoms with Crippen LogP contribution in [0.25, 0.3) is 0 Å². The molecule has 2 rings (SSSR count). The maximum atomic E-state index is 14.1. The maximum absolute atomic E-state index is 14.1. The minimum Gasteiger partial charge on any atom is -0.454 e. The molecule has 0 saturated carbocycles. The Morgan fingerprint density at radius 3 is 2.71 bits per heavy atom. The molecule has 0 aromatic heterocycles. The summed E-state index contributed by atoms with van der Waals surface area (Å²) in [5, 5.41) is 3.83. The molecule has 0 aliphatic heterocycles. The first kappa shape index (κ1) is 15.8. The van der Waals surface area contributed by atoms with Crippen LogP contribution in [0.5, 0.6) is 11.5 Å². The number of rotatable bonds is 5. The number of aryl methyl sites for hydroxylation is 1. The largest absolute Gasteiger partial charge is 0.454 e. The highest BCUT2D eigenvalue weighted by molar-refractivity contribution is 6.30. The molecule has 0 spiro atoms. The number of nitrogens with one attached hydrogen (secondary N) is 1. The van der Waals surface area contributed by atoms with E-state index in [1.54, 1.807) is 18.2 Å². The van der Waals surface area contributed by atoms with Gasteiger partial charge in [-0.25, -0.2) is 4.39 Å². The Morgan fingerprint density at radius 1 is 1.24 bits per heavy atom. The van der Waals surface area contributed by atoms with E-state index < -0.39 is 0 Å². The lowest BCUT2D eigenvalue weighted by molar-refractivity contribution is 0.429. The number of hydrogen-bond acceptors (Lipinski definition) is 2. The van der Waals surface area contributed by atoms with Crippen molar-refractivity contribution in [3.05, 3.63) is 58.4 Å². The van der Waals surface area contributed by atoms with Gasteiger partial charge in [-0.1, -0.05) is 43.6 Å². The van der Waals surface area contributed by atoms with E-state index in [1.807, 2.05) is 32.9 Å². The summed E-state index contributed by atoms with van der Waals surface area (Å²) in [5.74, 6) is 0.437. The van der Waals surface area contributed by atoms with Crippen LogP contribution >= 0.6 is 11.6 Å². The first-order valence-corrected chi connectivity index (χ1v) is 7.30. The number of benzene rings is 2. The van der Waals surface area contributed by atoms with Gasteiger partial charge in [0.05, 0.1) is 0 Å². The van der Waals surface area contributed by atoms with Crippen LogP contribution in [0.2, 0.25) is 5.02 Å². The summed E-state index contributed by atoms with van der Waals surface area (Å²) in [7, 11) is 0. The Labute approximate surface area is 129 Å². The Balaban J connectivity index is 2.32. The zero-order valence-corrected chi connectivity index (χ0v) is 13.2. The van der Waals surface area contributed by atoms with E-state index in [4.69, 9.17) is 16.3 Å². The Bertz CT molecular complexity index is 628. The summed E-state index contributed by atoms with van der Waals surface area (Å²) in [5.41, 5.74) is 1.69. The van der Waals surface area contributed by atoms with Crippen LogP contribution in [0.1, 0.15) is 25.0 Å². The number of ether oxygens (including phenoxy) is 1. The van der Waals surface area contributed by atoms with Crippen LogP contribution < -0.4 is 10.1 Å². The normalized spacial score (nSPS) is 11.0. The van der Waals surface area contributed by atoms with Crippen LogP contribution in [0.15, 0.2) is 36.4 Å². The van der Waals surface area contributed by atoms with E-state index in [-0.39, 0.29) is 11.6 Å². The molecule has 0 heterocycles. The molecule has 2 nitrogen and oxygen atoms in total. The van der Waals surface area contributed by atoms with Crippen molar-refractivity contribution in [1.82, 2.24) is 5.32 Å². The minimum atomic E-state index is -0.377. The minimum absolute atomic E-state index is 0.246. The van der Waals surface area contributed by atoms with E-state index in [9.17, 15) is 4.39 Å². The Morgan fingerprint density at radius 2 is 2.00 bits per heavy atom. The van der Waals surface area contributed by atoms with Crippen molar-refractivity contribution in [2.75, 3.05) is 0 Å². The third-order valence-electron chi connectivity index (χ3n) is 3.11. The second kappa shape index (κ2) is 6.92. The van der Waals surface area contributed by atoms with Crippen molar-refractivity contribution in [3.63, 3.8) is 0 Å². The van der Waals surface area contributed by atoms with Gasteiger partial charge in [-0.2, -0.15) is 0 Å². The van der Waals surface area contributed by atoms with Crippen LogP contribution in [0, 0.1) is 12.7 Å². The summed E-state index contributed by atoms with van der Waals surface area (Å²) in [6.45, 7) is 6.53. The predicted octanol–water partition coefficient (Wildman–Crippen LogP) is 5.08. The molecule has 2 aromatic carbocycles. The van der Waals surface area contributed by atoms with Crippen molar-refractivity contribution in [2.24, 2.45) is 0 Å². The molecule has 21 heavy (non-hydrogen) atoms. The van der Waals surface area contributed by atoms with Gasteiger partial charge in [0.15, 0.2) is 11.6 Å². The molecular weight excluding hydrogens is 289 g/mol. The third-order valence-corrected chi connectivity index (χ3v) is 3.35. The summed E-state index contributed by atoms with van der Waals surface area (Å²) >= 11 is 5.98. The van der Waals surface area contributed by atoms with Gasteiger partial charge in [-0.05, 0) is 30.7 Å². The third kappa shape index (κ3) is 4.19. The fourth-order valence-electron chi connectivity index (χ4n) is 1.91. The van der Waals surface area contributed by atoms with E-state index in [2.05, 4.69) is 5.32 Å². The molecule has 0 amide bonds. The van der Waals surface area contributed by atoms with Crippen molar-refractivity contribution >= 4 is 11.6 Å².